The molecule has 0 fully saturated rings. The van der Waals surface area contributed by atoms with E-state index in [1.54, 1.807) is 0 Å². The molecule has 1 amide bonds. The van der Waals surface area contributed by atoms with Crippen LogP contribution in [0.15, 0.2) is 12.1 Å². The van der Waals surface area contributed by atoms with Crippen LogP contribution >= 0.6 is 0 Å². The third kappa shape index (κ3) is 1.61. The van der Waals surface area contributed by atoms with Gasteiger partial charge in [-0.25, -0.2) is 8.78 Å². The second kappa shape index (κ2) is 3.95. The van der Waals surface area contributed by atoms with Crippen LogP contribution < -0.4 is 5.32 Å². The Labute approximate surface area is 78.7 Å². The average Bonchev–Trinajstić information content (AvgIpc) is 2.21. The topological polar surface area (TPSA) is 46.2 Å². The summed E-state index contributed by atoms with van der Waals surface area (Å²) in [6.45, 7) is 0. The summed E-state index contributed by atoms with van der Waals surface area (Å²) in [6, 6.07) is 2.11. The van der Waals surface area contributed by atoms with Crippen molar-refractivity contribution >= 4 is 12.2 Å². The molecule has 1 rings (SSSR count). The molecular weight excluding hydrogens is 192 g/mol. The van der Waals surface area contributed by atoms with Crippen LogP contribution in [0.1, 0.15) is 20.7 Å². The van der Waals surface area contributed by atoms with Crippen LogP contribution in [-0.4, -0.2) is 19.2 Å². The molecule has 74 valence electrons. The summed E-state index contributed by atoms with van der Waals surface area (Å²) in [7, 11) is 1.30. The minimum absolute atomic E-state index is 0.187. The zero-order chi connectivity index (χ0) is 10.7. The highest BCUT2D eigenvalue weighted by Crippen LogP contribution is 2.14. The summed E-state index contributed by atoms with van der Waals surface area (Å²) in [5.41, 5.74) is -0.828. The van der Waals surface area contributed by atoms with E-state index in [1.165, 1.54) is 7.05 Å². The van der Waals surface area contributed by atoms with Gasteiger partial charge in [0.05, 0.1) is 11.1 Å². The number of hydrogen-bond donors (Lipinski definition) is 1. The van der Waals surface area contributed by atoms with Crippen molar-refractivity contribution in [3.05, 3.63) is 34.9 Å². The van der Waals surface area contributed by atoms with Crippen molar-refractivity contribution in [1.29, 1.82) is 0 Å². The highest BCUT2D eigenvalue weighted by atomic mass is 19.2. The average molecular weight is 199 g/mol. The van der Waals surface area contributed by atoms with Crippen LogP contribution in [0.4, 0.5) is 8.78 Å². The van der Waals surface area contributed by atoms with E-state index in [0.717, 1.165) is 12.1 Å². The van der Waals surface area contributed by atoms with E-state index in [1.807, 2.05) is 0 Å². The first-order valence-electron chi connectivity index (χ1n) is 3.77. The van der Waals surface area contributed by atoms with E-state index in [-0.39, 0.29) is 6.29 Å². The van der Waals surface area contributed by atoms with Gasteiger partial charge < -0.3 is 5.32 Å². The van der Waals surface area contributed by atoms with E-state index in [4.69, 9.17) is 0 Å². The van der Waals surface area contributed by atoms with E-state index >= 15 is 0 Å². The second-order valence-electron chi connectivity index (χ2n) is 2.53. The van der Waals surface area contributed by atoms with Crippen molar-refractivity contribution < 1.29 is 18.4 Å². The Hall–Kier alpha value is -1.78. The summed E-state index contributed by atoms with van der Waals surface area (Å²) in [4.78, 5) is 21.2. The SMILES string of the molecule is CNC(=O)c1ccc(C=O)c(F)c1F. The van der Waals surface area contributed by atoms with Gasteiger partial charge in [-0.15, -0.1) is 0 Å². The minimum Gasteiger partial charge on any atom is -0.355 e. The standard InChI is InChI=1S/C9H7F2NO2/c1-12-9(14)6-3-2-5(4-13)7(10)8(6)11/h2-4H,1H3,(H,12,14). The first-order chi connectivity index (χ1) is 6.61. The first kappa shape index (κ1) is 10.3. The Kier molecular flexibility index (Phi) is 2.91. The molecular formula is C9H7F2NO2. The van der Waals surface area contributed by atoms with Gasteiger partial charge in [0.1, 0.15) is 0 Å². The van der Waals surface area contributed by atoms with Gasteiger partial charge in [-0.2, -0.15) is 0 Å². The molecule has 0 saturated carbocycles. The number of carbonyl (C=O) groups excluding carboxylic acids is 2. The number of hydrogen-bond acceptors (Lipinski definition) is 2. The molecule has 0 unspecified atom stereocenters. The van der Waals surface area contributed by atoms with Gasteiger partial charge >= 0.3 is 0 Å². The highest BCUT2D eigenvalue weighted by molar-refractivity contribution is 5.95. The Morgan fingerprint density at radius 3 is 2.50 bits per heavy atom. The van der Waals surface area contributed by atoms with Gasteiger partial charge in [0.15, 0.2) is 17.9 Å². The lowest BCUT2D eigenvalue weighted by Crippen LogP contribution is -2.20. The summed E-state index contributed by atoms with van der Waals surface area (Å²) in [6.07, 6.45) is 0.187. The molecule has 0 atom stereocenters. The molecule has 5 heteroatoms. The molecule has 0 aliphatic carbocycles. The molecule has 1 aromatic rings. The normalized spacial score (nSPS) is 9.64. The van der Waals surface area contributed by atoms with Crippen molar-refractivity contribution in [1.82, 2.24) is 5.32 Å². The number of amides is 1. The van der Waals surface area contributed by atoms with Crippen LogP contribution in [0.3, 0.4) is 0 Å². The number of nitrogens with one attached hydrogen (secondary N) is 1. The molecule has 0 aromatic heterocycles. The second-order valence-corrected chi connectivity index (χ2v) is 2.53. The fourth-order valence-electron chi connectivity index (χ4n) is 0.965. The molecule has 0 radical (unpaired) electrons. The van der Waals surface area contributed by atoms with Gasteiger partial charge in [-0.05, 0) is 12.1 Å². The maximum atomic E-state index is 13.1. The lowest BCUT2D eigenvalue weighted by molar-refractivity contribution is 0.0957. The van der Waals surface area contributed by atoms with E-state index in [0.29, 0.717) is 0 Å². The molecule has 0 bridgehead atoms. The summed E-state index contributed by atoms with van der Waals surface area (Å²) in [5.74, 6) is -3.35. The third-order valence-electron chi connectivity index (χ3n) is 1.71. The largest absolute Gasteiger partial charge is 0.355 e. The predicted molar refractivity (Wildman–Crippen MR) is 45.1 cm³/mol. The lowest BCUT2D eigenvalue weighted by Gasteiger charge is -2.03. The highest BCUT2D eigenvalue weighted by Gasteiger charge is 2.16. The van der Waals surface area contributed by atoms with Gasteiger partial charge in [-0.1, -0.05) is 0 Å². The first-order valence-corrected chi connectivity index (χ1v) is 3.77. The third-order valence-corrected chi connectivity index (χ3v) is 1.71. The maximum Gasteiger partial charge on any atom is 0.254 e. The fourth-order valence-corrected chi connectivity index (χ4v) is 0.965. The zero-order valence-corrected chi connectivity index (χ0v) is 7.30. The molecule has 1 N–H and O–H groups in total. The predicted octanol–water partition coefficient (Wildman–Crippen LogP) is 1.14. The summed E-state index contributed by atoms with van der Waals surface area (Å²) in [5, 5.41) is 2.15. The number of benzene rings is 1. The molecule has 0 aliphatic heterocycles. The molecule has 1 aromatic carbocycles. The minimum atomic E-state index is -1.31. The van der Waals surface area contributed by atoms with Gasteiger partial charge in [0, 0.05) is 7.05 Å². The van der Waals surface area contributed by atoms with Crippen molar-refractivity contribution in [2.24, 2.45) is 0 Å². The molecule has 3 nitrogen and oxygen atoms in total. The van der Waals surface area contributed by atoms with Crippen molar-refractivity contribution in [3.63, 3.8) is 0 Å². The molecule has 0 aliphatic rings. The fraction of sp³-hybridized carbons (Fsp3) is 0.111. The van der Waals surface area contributed by atoms with E-state index < -0.39 is 28.7 Å². The van der Waals surface area contributed by atoms with Crippen LogP contribution in [-0.2, 0) is 0 Å². The van der Waals surface area contributed by atoms with Crippen LogP contribution in [0.2, 0.25) is 0 Å². The van der Waals surface area contributed by atoms with Crippen molar-refractivity contribution in [2.75, 3.05) is 7.05 Å². The quantitative estimate of drug-likeness (QED) is 0.726. The van der Waals surface area contributed by atoms with Gasteiger partial charge in [0.25, 0.3) is 5.91 Å². The summed E-state index contributed by atoms with van der Waals surface area (Å²) >= 11 is 0. The Morgan fingerprint density at radius 1 is 1.36 bits per heavy atom. The molecule has 14 heavy (non-hydrogen) atoms. The van der Waals surface area contributed by atoms with Crippen LogP contribution in [0.5, 0.6) is 0 Å². The Balaban J connectivity index is 3.30. The van der Waals surface area contributed by atoms with Crippen LogP contribution in [0, 0.1) is 11.6 Å². The molecule has 0 heterocycles. The zero-order valence-electron chi connectivity index (χ0n) is 7.30. The number of rotatable bonds is 2. The smallest absolute Gasteiger partial charge is 0.254 e. The van der Waals surface area contributed by atoms with Gasteiger partial charge in [-0.3, -0.25) is 9.59 Å². The van der Waals surface area contributed by atoms with Crippen molar-refractivity contribution in [3.8, 4) is 0 Å². The Bertz CT molecular complexity index is 391. The molecule has 0 saturated heterocycles. The Morgan fingerprint density at radius 2 is 2.00 bits per heavy atom. The monoisotopic (exact) mass is 199 g/mol. The lowest BCUT2D eigenvalue weighted by atomic mass is 10.1. The van der Waals surface area contributed by atoms with Crippen molar-refractivity contribution in [2.45, 2.75) is 0 Å². The molecule has 0 spiro atoms. The number of aldehydes is 1. The maximum absolute atomic E-state index is 13.1. The number of halogens is 2. The van der Waals surface area contributed by atoms with Crippen LogP contribution in [0.25, 0.3) is 0 Å². The van der Waals surface area contributed by atoms with E-state index in [9.17, 15) is 18.4 Å². The number of carbonyl (C=O) groups is 2. The summed E-state index contributed by atoms with van der Waals surface area (Å²) < 4.78 is 26.1. The van der Waals surface area contributed by atoms with E-state index in [2.05, 4.69) is 5.32 Å². The van der Waals surface area contributed by atoms with Gasteiger partial charge in [0.2, 0.25) is 0 Å².